The second kappa shape index (κ2) is 10.6. The second-order valence-electron chi connectivity index (χ2n) is 8.52. The number of halogens is 1. The van der Waals surface area contributed by atoms with Crippen molar-refractivity contribution in [3.63, 3.8) is 0 Å². The van der Waals surface area contributed by atoms with Gasteiger partial charge in [-0.25, -0.2) is 4.98 Å². The molecule has 5 rings (SSSR count). The van der Waals surface area contributed by atoms with Gasteiger partial charge in [0.15, 0.2) is 11.0 Å². The minimum absolute atomic E-state index is 0.401. The number of benzene rings is 1. The number of pyridine rings is 1. The summed E-state index contributed by atoms with van der Waals surface area (Å²) in [4.78, 5) is 9.21. The topological polar surface area (TPSA) is 65.7 Å². The van der Waals surface area contributed by atoms with E-state index in [4.69, 9.17) is 9.72 Å². The van der Waals surface area contributed by atoms with Crippen LogP contribution in [0.1, 0.15) is 44.3 Å². The first-order valence-electron chi connectivity index (χ1n) is 11.4. The van der Waals surface area contributed by atoms with Gasteiger partial charge in [0.1, 0.15) is 10.8 Å². The summed E-state index contributed by atoms with van der Waals surface area (Å²) >= 11 is 6.90. The molecule has 34 heavy (non-hydrogen) atoms. The van der Waals surface area contributed by atoms with Crippen LogP contribution < -0.4 is 4.74 Å². The van der Waals surface area contributed by atoms with E-state index < -0.39 is 0 Å². The van der Waals surface area contributed by atoms with Crippen molar-refractivity contribution in [2.24, 2.45) is 5.92 Å². The molecular formula is C25H26BrN5OS2. The monoisotopic (exact) mass is 555 g/mol. The maximum Gasteiger partial charge on any atom is 0.192 e. The number of thiazole rings is 1. The van der Waals surface area contributed by atoms with Crippen LogP contribution in [0.15, 0.2) is 57.7 Å². The van der Waals surface area contributed by atoms with Gasteiger partial charge in [-0.15, -0.1) is 21.5 Å². The number of hydrogen-bond acceptors (Lipinski definition) is 7. The summed E-state index contributed by atoms with van der Waals surface area (Å²) in [5.41, 5.74) is 3.04. The third-order valence-electron chi connectivity index (χ3n) is 6.27. The van der Waals surface area contributed by atoms with Crippen molar-refractivity contribution in [3.05, 3.63) is 58.3 Å². The van der Waals surface area contributed by atoms with Gasteiger partial charge in [-0.05, 0) is 49.1 Å². The van der Waals surface area contributed by atoms with Crippen LogP contribution in [0.4, 0.5) is 0 Å². The maximum absolute atomic E-state index is 5.54. The zero-order chi connectivity index (χ0) is 23.5. The molecule has 0 aliphatic heterocycles. The lowest BCUT2D eigenvalue weighted by atomic mass is 9.85. The molecule has 6 nitrogen and oxygen atoms in total. The number of aromatic nitrogens is 5. The molecule has 3 heterocycles. The largest absolute Gasteiger partial charge is 0.496 e. The Hall–Kier alpha value is -2.23. The summed E-state index contributed by atoms with van der Waals surface area (Å²) < 4.78 is 8.91. The number of methoxy groups -OCH3 is 1. The summed E-state index contributed by atoms with van der Waals surface area (Å²) in [6.45, 7) is 2.35. The quantitative estimate of drug-likeness (QED) is 0.223. The van der Waals surface area contributed by atoms with E-state index in [1.165, 1.54) is 19.3 Å². The average Bonchev–Trinajstić information content (AvgIpc) is 3.51. The Morgan fingerprint density at radius 3 is 2.88 bits per heavy atom. The zero-order valence-electron chi connectivity index (χ0n) is 19.1. The third kappa shape index (κ3) is 4.92. The Morgan fingerprint density at radius 2 is 2.09 bits per heavy atom. The van der Waals surface area contributed by atoms with E-state index in [0.717, 1.165) is 55.2 Å². The Balaban J connectivity index is 1.41. The minimum Gasteiger partial charge on any atom is -0.496 e. The normalized spacial score (nSPS) is 18.2. The van der Waals surface area contributed by atoms with E-state index in [1.807, 2.05) is 24.4 Å². The Morgan fingerprint density at radius 1 is 1.21 bits per heavy atom. The van der Waals surface area contributed by atoms with Crippen LogP contribution in [-0.2, 0) is 5.75 Å². The molecule has 9 heteroatoms. The first kappa shape index (κ1) is 23.5. The van der Waals surface area contributed by atoms with Gasteiger partial charge in [-0.2, -0.15) is 0 Å². The van der Waals surface area contributed by atoms with Crippen molar-refractivity contribution < 1.29 is 4.74 Å². The van der Waals surface area contributed by atoms with E-state index in [9.17, 15) is 0 Å². The van der Waals surface area contributed by atoms with Crippen molar-refractivity contribution in [3.8, 4) is 27.7 Å². The average molecular weight is 557 g/mol. The van der Waals surface area contributed by atoms with Gasteiger partial charge < -0.3 is 4.74 Å². The Labute approximate surface area is 216 Å². The summed E-state index contributed by atoms with van der Waals surface area (Å²) in [5, 5.41) is 13.2. The van der Waals surface area contributed by atoms with Crippen molar-refractivity contribution in [2.45, 2.75) is 49.6 Å². The van der Waals surface area contributed by atoms with Crippen molar-refractivity contribution in [1.82, 2.24) is 24.7 Å². The fraction of sp³-hybridized carbons (Fsp3) is 0.360. The molecule has 176 valence electrons. The van der Waals surface area contributed by atoms with Crippen LogP contribution in [0.2, 0.25) is 0 Å². The van der Waals surface area contributed by atoms with Crippen LogP contribution in [-0.4, -0.2) is 31.8 Å². The predicted molar refractivity (Wildman–Crippen MR) is 141 cm³/mol. The summed E-state index contributed by atoms with van der Waals surface area (Å²) in [7, 11) is 1.69. The van der Waals surface area contributed by atoms with E-state index >= 15 is 0 Å². The fourth-order valence-electron chi connectivity index (χ4n) is 4.53. The lowest BCUT2D eigenvalue weighted by Gasteiger charge is -2.31. The fourth-order valence-corrected chi connectivity index (χ4v) is 6.72. The highest BCUT2D eigenvalue weighted by Crippen LogP contribution is 2.40. The van der Waals surface area contributed by atoms with E-state index in [1.54, 1.807) is 36.4 Å². The summed E-state index contributed by atoms with van der Waals surface area (Å²) in [5.74, 6) is 3.06. The molecule has 1 saturated carbocycles. The van der Waals surface area contributed by atoms with Crippen LogP contribution in [0.5, 0.6) is 5.75 Å². The van der Waals surface area contributed by atoms with Gasteiger partial charge in [0, 0.05) is 39.6 Å². The number of nitrogens with zero attached hydrogens (tertiary/aromatic N) is 5. The van der Waals surface area contributed by atoms with Gasteiger partial charge in [-0.1, -0.05) is 47.5 Å². The highest BCUT2D eigenvalue weighted by molar-refractivity contribution is 9.10. The molecule has 0 amide bonds. The van der Waals surface area contributed by atoms with Crippen LogP contribution in [0.25, 0.3) is 22.0 Å². The molecule has 0 N–H and O–H groups in total. The Kier molecular flexibility index (Phi) is 7.32. The molecule has 1 aliphatic rings. The standard InChI is InChI=1S/C25H26BrN5OS2/c1-16-6-3-4-8-21(16)31-23(17-7-5-11-27-13-17)29-30-25(31)34-15-19-14-33-24(28-19)20-12-18(26)9-10-22(20)32-2/h5,7,9-14,16,21H,3-4,6,8,15H2,1-2H3/t16-,21+/m0/s1. The van der Waals surface area contributed by atoms with Crippen molar-refractivity contribution in [2.75, 3.05) is 7.11 Å². The van der Waals surface area contributed by atoms with Gasteiger partial charge in [0.25, 0.3) is 0 Å². The third-order valence-corrected chi connectivity index (χ3v) is 8.67. The van der Waals surface area contributed by atoms with Crippen molar-refractivity contribution >= 4 is 39.0 Å². The molecule has 1 aliphatic carbocycles. The molecule has 0 unspecified atom stereocenters. The molecule has 2 atom stereocenters. The number of rotatable bonds is 7. The van der Waals surface area contributed by atoms with Gasteiger partial charge in [0.2, 0.25) is 0 Å². The Bertz CT molecular complexity index is 1260. The highest BCUT2D eigenvalue weighted by Gasteiger charge is 2.28. The van der Waals surface area contributed by atoms with E-state index in [-0.39, 0.29) is 0 Å². The number of ether oxygens (including phenoxy) is 1. The first-order chi connectivity index (χ1) is 16.6. The summed E-state index contributed by atoms with van der Waals surface area (Å²) in [6.07, 6.45) is 8.61. The number of thioether (sulfide) groups is 1. The minimum atomic E-state index is 0.401. The predicted octanol–water partition coefficient (Wildman–Crippen LogP) is 7.28. The lowest BCUT2D eigenvalue weighted by Crippen LogP contribution is -2.22. The van der Waals surface area contributed by atoms with E-state index in [0.29, 0.717) is 12.0 Å². The number of hydrogen-bond donors (Lipinski definition) is 0. The molecule has 0 bridgehead atoms. The van der Waals surface area contributed by atoms with E-state index in [2.05, 4.69) is 60.1 Å². The summed E-state index contributed by atoms with van der Waals surface area (Å²) in [6, 6.07) is 10.4. The van der Waals surface area contributed by atoms with Gasteiger partial charge in [0.05, 0.1) is 18.4 Å². The molecule has 4 aromatic rings. The van der Waals surface area contributed by atoms with Crippen LogP contribution in [0.3, 0.4) is 0 Å². The molecule has 1 fully saturated rings. The SMILES string of the molecule is COc1ccc(Br)cc1-c1nc(CSc2nnc(-c3cccnc3)n2[C@@H]2CCCC[C@@H]2C)cs1. The second-order valence-corrected chi connectivity index (χ2v) is 11.2. The van der Waals surface area contributed by atoms with Crippen LogP contribution >= 0.6 is 39.0 Å². The van der Waals surface area contributed by atoms with Crippen molar-refractivity contribution in [1.29, 1.82) is 0 Å². The molecule has 0 radical (unpaired) electrons. The van der Waals surface area contributed by atoms with Gasteiger partial charge >= 0.3 is 0 Å². The highest BCUT2D eigenvalue weighted by atomic mass is 79.9. The molecule has 0 saturated heterocycles. The zero-order valence-corrected chi connectivity index (χ0v) is 22.4. The maximum atomic E-state index is 5.54. The van der Waals surface area contributed by atoms with Crippen LogP contribution in [0, 0.1) is 5.92 Å². The van der Waals surface area contributed by atoms with Gasteiger partial charge in [-0.3, -0.25) is 9.55 Å². The smallest absolute Gasteiger partial charge is 0.192 e. The molecular weight excluding hydrogens is 530 g/mol. The molecule has 3 aromatic heterocycles. The lowest BCUT2D eigenvalue weighted by molar-refractivity contribution is 0.247. The molecule has 1 aromatic carbocycles. The molecule has 0 spiro atoms. The first-order valence-corrected chi connectivity index (χ1v) is 14.1.